The Morgan fingerprint density at radius 1 is 0.425 bits per heavy atom. The molecule has 186 valence electrons. The molecule has 0 unspecified atom stereocenters. The van der Waals surface area contributed by atoms with Crippen LogP contribution < -0.4 is 0 Å². The first kappa shape index (κ1) is 21.5. The minimum absolute atomic E-state index is 0.906. The first-order valence-electron chi connectivity index (χ1n) is 13.5. The second-order valence-corrected chi connectivity index (χ2v) is 10.3. The molecule has 0 radical (unpaired) electrons. The highest BCUT2D eigenvalue weighted by Gasteiger charge is 2.19. The molecule has 9 aromatic rings. The fourth-order valence-electron chi connectivity index (χ4n) is 6.33. The number of pyridine rings is 2. The molecule has 0 aliphatic heterocycles. The number of benzene rings is 5. The summed E-state index contributed by atoms with van der Waals surface area (Å²) in [5.41, 5.74) is 8.61. The molecular weight excluding hydrogens is 488 g/mol. The topological polar surface area (TPSA) is 35.1 Å². The van der Waals surface area contributed by atoms with Crippen molar-refractivity contribution in [3.63, 3.8) is 0 Å². The van der Waals surface area contributed by atoms with Crippen LogP contribution in [-0.4, -0.2) is 18.9 Å². The second kappa shape index (κ2) is 8.01. The monoisotopic (exact) mass is 510 g/mol. The molecule has 4 heteroatoms. The van der Waals surface area contributed by atoms with Gasteiger partial charge in [0, 0.05) is 27.1 Å². The zero-order valence-electron chi connectivity index (χ0n) is 21.5. The van der Waals surface area contributed by atoms with Crippen LogP contribution in [-0.2, 0) is 0 Å². The van der Waals surface area contributed by atoms with Crippen LogP contribution in [0.2, 0.25) is 0 Å². The summed E-state index contributed by atoms with van der Waals surface area (Å²) in [6, 6.07) is 47.0. The predicted octanol–water partition coefficient (Wildman–Crippen LogP) is 8.95. The van der Waals surface area contributed by atoms with Gasteiger partial charge >= 0.3 is 0 Å². The van der Waals surface area contributed by atoms with Gasteiger partial charge in [-0.25, -0.2) is 9.97 Å². The Hall–Kier alpha value is -5.48. The van der Waals surface area contributed by atoms with Gasteiger partial charge in [0.2, 0.25) is 0 Å². The molecule has 0 aliphatic carbocycles. The molecule has 5 aromatic carbocycles. The molecule has 40 heavy (non-hydrogen) atoms. The van der Waals surface area contributed by atoms with E-state index in [1.807, 2.05) is 6.07 Å². The Labute approximate surface area is 229 Å². The molecule has 0 atom stereocenters. The fourth-order valence-corrected chi connectivity index (χ4v) is 6.33. The lowest BCUT2D eigenvalue weighted by Crippen LogP contribution is -1.98. The third kappa shape index (κ3) is 2.90. The number of aromatic nitrogens is 4. The molecule has 4 heterocycles. The zero-order valence-corrected chi connectivity index (χ0v) is 21.5. The summed E-state index contributed by atoms with van der Waals surface area (Å²) < 4.78 is 4.61. The fraction of sp³-hybridized carbons (Fsp3) is 0. The largest absolute Gasteiger partial charge is 0.294 e. The van der Waals surface area contributed by atoms with Gasteiger partial charge in [0.1, 0.15) is 11.5 Å². The van der Waals surface area contributed by atoms with Gasteiger partial charge in [0.25, 0.3) is 0 Å². The van der Waals surface area contributed by atoms with Gasteiger partial charge in [0.15, 0.2) is 0 Å². The number of nitrogens with zero attached hydrogens (tertiary/aromatic N) is 4. The van der Waals surface area contributed by atoms with E-state index in [9.17, 15) is 0 Å². The Balaban J connectivity index is 1.45. The van der Waals surface area contributed by atoms with E-state index < -0.39 is 0 Å². The number of hydrogen-bond acceptors (Lipinski definition) is 2. The van der Waals surface area contributed by atoms with E-state index in [2.05, 4.69) is 136 Å². The maximum atomic E-state index is 5.15. The predicted molar refractivity (Wildman–Crippen MR) is 165 cm³/mol. The molecule has 0 amide bonds. The van der Waals surface area contributed by atoms with E-state index >= 15 is 0 Å². The maximum absolute atomic E-state index is 5.15. The number of rotatable bonds is 2. The Kier molecular flexibility index (Phi) is 4.30. The van der Waals surface area contributed by atoms with Gasteiger partial charge < -0.3 is 0 Å². The smallest absolute Gasteiger partial charge is 0.146 e. The lowest BCUT2D eigenvalue weighted by atomic mass is 10.0. The van der Waals surface area contributed by atoms with E-state index in [1.165, 1.54) is 21.5 Å². The quantitative estimate of drug-likeness (QED) is 0.218. The van der Waals surface area contributed by atoms with Gasteiger partial charge in [-0.15, -0.1) is 0 Å². The van der Waals surface area contributed by atoms with E-state index in [-0.39, 0.29) is 0 Å². The highest BCUT2D eigenvalue weighted by atomic mass is 15.1. The highest BCUT2D eigenvalue weighted by Crippen LogP contribution is 2.39. The summed E-state index contributed by atoms with van der Waals surface area (Å²) in [6.45, 7) is 0. The molecule has 9 rings (SSSR count). The van der Waals surface area contributed by atoms with Gasteiger partial charge in [0.05, 0.1) is 33.3 Å². The Morgan fingerprint density at radius 2 is 1.12 bits per heavy atom. The van der Waals surface area contributed by atoms with Crippen molar-refractivity contribution in [1.29, 1.82) is 0 Å². The number of hydrogen-bond donors (Lipinski definition) is 0. The standard InChI is InChI=1S/C36H22N4/c1-2-11-23(12-3-1)29-16-10-20-35(37-29)39-31-17-7-5-14-25(31)27-21-28-26(22-34(27)39)24-13-4-8-18-32(24)40-33-19-9-6-15-30(33)38-36(28)40/h1-22H. The third-order valence-corrected chi connectivity index (χ3v) is 8.08. The van der Waals surface area contributed by atoms with Crippen LogP contribution in [0, 0.1) is 0 Å². The Morgan fingerprint density at radius 3 is 1.98 bits per heavy atom. The normalized spacial score (nSPS) is 12.0. The van der Waals surface area contributed by atoms with Crippen molar-refractivity contribution in [2.75, 3.05) is 0 Å². The van der Waals surface area contributed by atoms with Gasteiger partial charge in [-0.3, -0.25) is 8.97 Å². The molecular formula is C36H22N4. The van der Waals surface area contributed by atoms with Crippen LogP contribution in [0.4, 0.5) is 0 Å². The van der Waals surface area contributed by atoms with Crippen molar-refractivity contribution in [3.05, 3.63) is 133 Å². The molecule has 4 nitrogen and oxygen atoms in total. The summed E-state index contributed by atoms with van der Waals surface area (Å²) in [5.74, 6) is 0.906. The number of fused-ring (bicyclic) bond motifs is 11. The first-order valence-corrected chi connectivity index (χ1v) is 13.5. The molecule has 0 N–H and O–H groups in total. The summed E-state index contributed by atoms with van der Waals surface area (Å²) in [6.07, 6.45) is 0. The van der Waals surface area contributed by atoms with Crippen LogP contribution in [0.3, 0.4) is 0 Å². The van der Waals surface area contributed by atoms with Crippen LogP contribution in [0.1, 0.15) is 0 Å². The van der Waals surface area contributed by atoms with Gasteiger partial charge in [-0.05, 0) is 53.9 Å². The van der Waals surface area contributed by atoms with Gasteiger partial charge in [-0.1, -0.05) is 84.9 Å². The van der Waals surface area contributed by atoms with E-state index in [0.29, 0.717) is 0 Å². The van der Waals surface area contributed by atoms with E-state index in [1.54, 1.807) is 0 Å². The van der Waals surface area contributed by atoms with Crippen LogP contribution in [0.5, 0.6) is 0 Å². The summed E-state index contributed by atoms with van der Waals surface area (Å²) in [7, 11) is 0. The summed E-state index contributed by atoms with van der Waals surface area (Å²) in [5, 5.41) is 5.94. The average molecular weight is 511 g/mol. The van der Waals surface area contributed by atoms with Crippen molar-refractivity contribution < 1.29 is 0 Å². The SMILES string of the molecule is c1ccc(-c2cccc(-n3c4ccccc4c4cc5c(cc43)c3ccccc3n3c4ccccc4nc53)n2)cc1. The van der Waals surface area contributed by atoms with Crippen LogP contribution >= 0.6 is 0 Å². The lowest BCUT2D eigenvalue weighted by Gasteiger charge is -2.12. The number of para-hydroxylation sites is 4. The van der Waals surface area contributed by atoms with Crippen molar-refractivity contribution in [3.8, 4) is 17.1 Å². The van der Waals surface area contributed by atoms with Crippen molar-refractivity contribution in [2.45, 2.75) is 0 Å². The minimum Gasteiger partial charge on any atom is -0.294 e. The van der Waals surface area contributed by atoms with Crippen LogP contribution in [0.15, 0.2) is 133 Å². The minimum atomic E-state index is 0.906. The molecule has 0 aliphatic rings. The van der Waals surface area contributed by atoms with E-state index in [0.717, 1.165) is 55.7 Å². The number of imidazole rings is 1. The molecule has 4 aromatic heterocycles. The average Bonchev–Trinajstić information content (AvgIpc) is 3.57. The molecule has 0 bridgehead atoms. The second-order valence-electron chi connectivity index (χ2n) is 10.3. The molecule has 0 spiro atoms. The Bertz CT molecular complexity index is 2430. The maximum Gasteiger partial charge on any atom is 0.146 e. The third-order valence-electron chi connectivity index (χ3n) is 8.08. The lowest BCUT2D eigenvalue weighted by molar-refractivity contribution is 1.08. The summed E-state index contributed by atoms with van der Waals surface area (Å²) in [4.78, 5) is 10.3. The molecule has 0 saturated heterocycles. The van der Waals surface area contributed by atoms with Crippen LogP contribution in [0.25, 0.3) is 77.2 Å². The molecule has 0 saturated carbocycles. The van der Waals surface area contributed by atoms with Crippen molar-refractivity contribution in [2.24, 2.45) is 0 Å². The zero-order chi connectivity index (χ0) is 26.2. The van der Waals surface area contributed by atoms with Crippen molar-refractivity contribution in [1.82, 2.24) is 18.9 Å². The van der Waals surface area contributed by atoms with Crippen molar-refractivity contribution >= 4 is 60.2 Å². The van der Waals surface area contributed by atoms with E-state index in [4.69, 9.17) is 9.97 Å². The first-order chi connectivity index (χ1) is 19.8. The summed E-state index contributed by atoms with van der Waals surface area (Å²) >= 11 is 0. The molecule has 0 fully saturated rings. The highest BCUT2D eigenvalue weighted by molar-refractivity contribution is 6.21. The van der Waals surface area contributed by atoms with Gasteiger partial charge in [-0.2, -0.15) is 0 Å².